The third-order valence-corrected chi connectivity index (χ3v) is 5.17. The average molecular weight is 444 g/mol. The molecule has 0 amide bonds. The van der Waals surface area contributed by atoms with Crippen molar-refractivity contribution in [1.29, 1.82) is 5.26 Å². The zero-order chi connectivity index (χ0) is 22.5. The highest BCUT2D eigenvalue weighted by Crippen LogP contribution is 2.40. The van der Waals surface area contributed by atoms with Crippen molar-refractivity contribution in [2.75, 3.05) is 5.32 Å². The van der Waals surface area contributed by atoms with E-state index in [2.05, 4.69) is 26.3 Å². The maximum atomic E-state index is 12.3. The summed E-state index contributed by atoms with van der Waals surface area (Å²) in [6.07, 6.45) is 5.07. The quantitative estimate of drug-likeness (QED) is 0.328. The lowest BCUT2D eigenvalue weighted by atomic mass is 9.95. The number of fused-ring (bicyclic) bond motifs is 1. The van der Waals surface area contributed by atoms with Gasteiger partial charge in [-0.1, -0.05) is 30.7 Å². The molecule has 0 spiro atoms. The van der Waals surface area contributed by atoms with Crippen molar-refractivity contribution >= 4 is 34.4 Å². The van der Waals surface area contributed by atoms with Crippen LogP contribution in [-0.2, 0) is 4.79 Å². The normalized spacial score (nSPS) is 11.5. The molecular weight excluding hydrogens is 426 g/mol. The van der Waals surface area contributed by atoms with Crippen molar-refractivity contribution in [3.63, 3.8) is 0 Å². The van der Waals surface area contributed by atoms with Crippen LogP contribution in [0, 0.1) is 11.3 Å². The first kappa shape index (κ1) is 21.2. The van der Waals surface area contributed by atoms with Gasteiger partial charge < -0.3 is 10.1 Å². The van der Waals surface area contributed by atoms with E-state index in [0.29, 0.717) is 38.8 Å². The van der Waals surface area contributed by atoms with E-state index in [1.54, 1.807) is 55.8 Å². The van der Waals surface area contributed by atoms with Gasteiger partial charge >= 0.3 is 5.97 Å². The predicted octanol–water partition coefficient (Wildman–Crippen LogP) is 5.07. The summed E-state index contributed by atoms with van der Waals surface area (Å²) in [5.41, 5.74) is 2.40. The first-order valence-corrected chi connectivity index (χ1v) is 10.3. The molecule has 0 aliphatic carbocycles. The van der Waals surface area contributed by atoms with Crippen LogP contribution in [0.15, 0.2) is 67.1 Å². The molecule has 158 valence electrons. The van der Waals surface area contributed by atoms with E-state index in [-0.39, 0.29) is 6.42 Å². The molecular formula is C24H18ClN5O2. The molecule has 1 unspecified atom stereocenters. The molecule has 2 aromatic carbocycles. The number of benzene rings is 2. The lowest BCUT2D eigenvalue weighted by Crippen LogP contribution is -2.17. The van der Waals surface area contributed by atoms with Crippen LogP contribution in [0.5, 0.6) is 5.75 Å². The van der Waals surface area contributed by atoms with Crippen LogP contribution in [-0.4, -0.2) is 20.9 Å². The Morgan fingerprint density at radius 1 is 1.12 bits per heavy atom. The third kappa shape index (κ3) is 4.36. The number of carbonyl (C=O) groups is 1. The molecule has 4 aromatic rings. The molecule has 1 N–H and O–H groups in total. The number of nitrogens with zero attached hydrogens (tertiary/aromatic N) is 4. The molecule has 0 saturated heterocycles. The van der Waals surface area contributed by atoms with E-state index in [9.17, 15) is 10.1 Å². The van der Waals surface area contributed by atoms with E-state index in [1.807, 2.05) is 18.2 Å². The fourth-order valence-corrected chi connectivity index (χ4v) is 3.57. The summed E-state index contributed by atoms with van der Waals surface area (Å²) in [5, 5.41) is 13.6. The van der Waals surface area contributed by atoms with Crippen molar-refractivity contribution in [2.45, 2.75) is 19.4 Å². The molecule has 0 aliphatic heterocycles. The van der Waals surface area contributed by atoms with Gasteiger partial charge in [-0.25, -0.2) is 9.97 Å². The highest BCUT2D eigenvalue weighted by Gasteiger charge is 2.25. The van der Waals surface area contributed by atoms with Gasteiger partial charge in [-0.05, 0) is 42.0 Å². The van der Waals surface area contributed by atoms with Crippen LogP contribution in [0.1, 0.15) is 36.1 Å². The smallest absolute Gasteiger partial charge is 0.310 e. The number of carbonyl (C=O) groups excluding carboxylic acids is 1. The lowest BCUT2D eigenvalue weighted by Gasteiger charge is -2.23. The van der Waals surface area contributed by atoms with Crippen LogP contribution in [0.3, 0.4) is 0 Å². The van der Waals surface area contributed by atoms with Crippen molar-refractivity contribution in [3.8, 4) is 11.8 Å². The van der Waals surface area contributed by atoms with Crippen LogP contribution in [0.2, 0.25) is 5.02 Å². The Hall–Kier alpha value is -4.02. The number of anilines is 1. The summed E-state index contributed by atoms with van der Waals surface area (Å²) in [6, 6.07) is 15.7. The zero-order valence-corrected chi connectivity index (χ0v) is 17.9. The van der Waals surface area contributed by atoms with Crippen LogP contribution in [0.25, 0.3) is 10.9 Å². The molecule has 0 bridgehead atoms. The van der Waals surface area contributed by atoms with Gasteiger partial charge in [-0.15, -0.1) is 0 Å². The van der Waals surface area contributed by atoms with E-state index < -0.39 is 12.0 Å². The molecule has 8 heteroatoms. The number of esters is 1. The van der Waals surface area contributed by atoms with Crippen molar-refractivity contribution in [2.24, 2.45) is 0 Å². The van der Waals surface area contributed by atoms with E-state index in [1.165, 1.54) is 0 Å². The molecule has 2 heterocycles. The number of nitriles is 1. The van der Waals surface area contributed by atoms with Gasteiger partial charge in [0.15, 0.2) is 5.75 Å². The summed E-state index contributed by atoms with van der Waals surface area (Å²) < 4.78 is 5.75. The predicted molar refractivity (Wildman–Crippen MR) is 121 cm³/mol. The molecule has 7 nitrogen and oxygen atoms in total. The monoisotopic (exact) mass is 443 g/mol. The maximum absolute atomic E-state index is 12.3. The second-order valence-electron chi connectivity index (χ2n) is 6.89. The van der Waals surface area contributed by atoms with Gasteiger partial charge in [-0.3, -0.25) is 9.78 Å². The van der Waals surface area contributed by atoms with Crippen molar-refractivity contribution < 1.29 is 9.53 Å². The van der Waals surface area contributed by atoms with Gasteiger partial charge in [-0.2, -0.15) is 5.26 Å². The Balaban J connectivity index is 1.94. The van der Waals surface area contributed by atoms with Crippen LogP contribution >= 0.6 is 11.6 Å². The first-order chi connectivity index (χ1) is 15.6. The molecule has 0 radical (unpaired) electrons. The number of pyridine rings is 1. The summed E-state index contributed by atoms with van der Waals surface area (Å²) in [4.78, 5) is 25.3. The third-order valence-electron chi connectivity index (χ3n) is 4.85. The Labute approximate surface area is 189 Å². The fraction of sp³-hybridized carbons (Fsp3) is 0.125. The topological polar surface area (TPSA) is 101 Å². The molecule has 4 rings (SSSR count). The molecule has 32 heavy (non-hydrogen) atoms. The number of ether oxygens (including phenoxy) is 1. The number of aromatic nitrogens is 3. The minimum absolute atomic E-state index is 0.202. The van der Waals surface area contributed by atoms with E-state index >= 15 is 0 Å². The van der Waals surface area contributed by atoms with Crippen LogP contribution < -0.4 is 10.1 Å². The number of hydrogen-bond donors (Lipinski definition) is 1. The number of nitrogens with one attached hydrogen (secondary N) is 1. The highest BCUT2D eigenvalue weighted by atomic mass is 35.5. The van der Waals surface area contributed by atoms with Crippen molar-refractivity contribution in [3.05, 3.63) is 88.8 Å². The number of rotatable bonds is 6. The highest BCUT2D eigenvalue weighted by molar-refractivity contribution is 6.35. The fourth-order valence-electron chi connectivity index (χ4n) is 3.30. The SMILES string of the molecule is CCC(=O)Oc1c(C(Nc2ncccn2)c2ccc(C#N)cc2)cc(Cl)c2cccnc12. The first-order valence-electron chi connectivity index (χ1n) is 9.92. The second-order valence-corrected chi connectivity index (χ2v) is 7.29. The average Bonchev–Trinajstić information content (AvgIpc) is 2.85. The van der Waals surface area contributed by atoms with Gasteiger partial charge in [0.05, 0.1) is 22.7 Å². The Morgan fingerprint density at radius 2 is 1.84 bits per heavy atom. The molecule has 2 aromatic heterocycles. The maximum Gasteiger partial charge on any atom is 0.310 e. The summed E-state index contributed by atoms with van der Waals surface area (Å²) in [6.45, 7) is 1.72. The summed E-state index contributed by atoms with van der Waals surface area (Å²) in [5.74, 6) is 0.302. The second kappa shape index (κ2) is 9.41. The zero-order valence-electron chi connectivity index (χ0n) is 17.1. The molecule has 0 fully saturated rings. The van der Waals surface area contributed by atoms with E-state index in [4.69, 9.17) is 16.3 Å². The standard InChI is InChI=1S/C24H18ClN5O2/c1-2-20(31)32-23-18(13-19(25)17-5-3-10-27-22(17)23)21(30-24-28-11-4-12-29-24)16-8-6-15(14-26)7-9-16/h3-13,21H,2H2,1H3,(H,28,29,30). The van der Waals surface area contributed by atoms with Gasteiger partial charge in [0.25, 0.3) is 0 Å². The van der Waals surface area contributed by atoms with Gasteiger partial charge in [0, 0.05) is 36.0 Å². The Morgan fingerprint density at radius 3 is 2.53 bits per heavy atom. The van der Waals surface area contributed by atoms with E-state index in [0.717, 1.165) is 5.56 Å². The summed E-state index contributed by atoms with van der Waals surface area (Å²) in [7, 11) is 0. The number of hydrogen-bond acceptors (Lipinski definition) is 7. The molecule has 0 aliphatic rings. The minimum atomic E-state index is -0.534. The largest absolute Gasteiger partial charge is 0.424 e. The van der Waals surface area contributed by atoms with Gasteiger partial charge in [0.2, 0.25) is 5.95 Å². The molecule has 1 atom stereocenters. The Bertz CT molecular complexity index is 1300. The lowest BCUT2D eigenvalue weighted by molar-refractivity contribution is -0.133. The minimum Gasteiger partial charge on any atom is -0.424 e. The van der Waals surface area contributed by atoms with Crippen LogP contribution in [0.4, 0.5) is 5.95 Å². The van der Waals surface area contributed by atoms with Gasteiger partial charge in [0.1, 0.15) is 5.52 Å². The Kier molecular flexibility index (Phi) is 6.24. The summed E-state index contributed by atoms with van der Waals surface area (Å²) >= 11 is 6.60. The van der Waals surface area contributed by atoms with Crippen molar-refractivity contribution in [1.82, 2.24) is 15.0 Å². The molecule has 0 saturated carbocycles. The number of halogens is 1.